The van der Waals surface area contributed by atoms with Gasteiger partial charge in [-0.1, -0.05) is 18.2 Å². The normalized spacial score (nSPS) is 10.2. The lowest BCUT2D eigenvalue weighted by Gasteiger charge is -2.07. The van der Waals surface area contributed by atoms with E-state index in [1.54, 1.807) is 18.2 Å². The Kier molecular flexibility index (Phi) is 3.65. The summed E-state index contributed by atoms with van der Waals surface area (Å²) in [6.45, 7) is 0. The Balaban J connectivity index is 2.45. The highest BCUT2D eigenvalue weighted by Gasteiger charge is 2.17. The Labute approximate surface area is 114 Å². The van der Waals surface area contributed by atoms with Crippen LogP contribution in [0.4, 0.5) is 5.69 Å². The first-order valence-corrected chi connectivity index (χ1v) is 5.76. The van der Waals surface area contributed by atoms with E-state index >= 15 is 0 Å². The number of rotatable bonds is 4. The minimum Gasteiger partial charge on any atom is -0.508 e. The van der Waals surface area contributed by atoms with Crippen molar-refractivity contribution < 1.29 is 19.9 Å². The summed E-state index contributed by atoms with van der Waals surface area (Å²) in [4.78, 5) is 21.5. The lowest BCUT2D eigenvalue weighted by atomic mass is 9.98. The number of nitrogens with zero attached hydrogens (tertiary/aromatic N) is 1. The van der Waals surface area contributed by atoms with E-state index in [1.807, 2.05) is 0 Å². The highest BCUT2D eigenvalue weighted by Crippen LogP contribution is 2.26. The van der Waals surface area contributed by atoms with E-state index in [0.717, 1.165) is 6.07 Å². The van der Waals surface area contributed by atoms with Gasteiger partial charge >= 0.3 is 5.97 Å². The number of hydrogen-bond acceptors (Lipinski definition) is 4. The van der Waals surface area contributed by atoms with Crippen LogP contribution in [0.1, 0.15) is 21.5 Å². The summed E-state index contributed by atoms with van der Waals surface area (Å²) in [5, 5.41) is 29.4. The van der Waals surface area contributed by atoms with Gasteiger partial charge in [0.2, 0.25) is 0 Å². The molecule has 0 saturated carbocycles. The number of benzene rings is 2. The maximum absolute atomic E-state index is 11.1. The lowest BCUT2D eigenvalue weighted by Crippen LogP contribution is -2.04. The number of phenols is 1. The molecule has 0 aliphatic carbocycles. The van der Waals surface area contributed by atoms with E-state index in [4.69, 9.17) is 5.11 Å². The Morgan fingerprint density at radius 3 is 2.50 bits per heavy atom. The van der Waals surface area contributed by atoms with Crippen LogP contribution in [-0.2, 0) is 6.42 Å². The molecule has 2 aromatic carbocycles. The van der Waals surface area contributed by atoms with E-state index in [9.17, 15) is 20.0 Å². The summed E-state index contributed by atoms with van der Waals surface area (Å²) in [7, 11) is 0. The molecule has 0 aliphatic rings. The molecule has 6 heteroatoms. The molecule has 2 N–H and O–H groups in total. The molecule has 0 saturated heterocycles. The Morgan fingerprint density at radius 1 is 1.15 bits per heavy atom. The SMILES string of the molecule is O=C(O)c1ccccc1Cc1ccc(O)cc1[N+](=O)[O-]. The second-order valence-corrected chi connectivity index (χ2v) is 4.21. The number of carbonyl (C=O) groups is 1. The van der Waals surface area contributed by atoms with Gasteiger partial charge in [0.05, 0.1) is 16.6 Å². The first-order valence-electron chi connectivity index (χ1n) is 5.76. The van der Waals surface area contributed by atoms with Gasteiger partial charge in [-0.15, -0.1) is 0 Å². The van der Waals surface area contributed by atoms with Gasteiger partial charge < -0.3 is 10.2 Å². The first kappa shape index (κ1) is 13.5. The second kappa shape index (κ2) is 5.40. The second-order valence-electron chi connectivity index (χ2n) is 4.21. The topological polar surface area (TPSA) is 101 Å². The average Bonchev–Trinajstić information content (AvgIpc) is 2.41. The molecule has 0 heterocycles. The van der Waals surface area contributed by atoms with Gasteiger partial charge in [-0.25, -0.2) is 4.79 Å². The van der Waals surface area contributed by atoms with Crippen LogP contribution >= 0.6 is 0 Å². The largest absolute Gasteiger partial charge is 0.508 e. The van der Waals surface area contributed by atoms with Crippen LogP contribution in [0.3, 0.4) is 0 Å². The third-order valence-electron chi connectivity index (χ3n) is 2.89. The number of carboxylic acids is 1. The molecule has 102 valence electrons. The molecule has 2 aromatic rings. The van der Waals surface area contributed by atoms with E-state index in [-0.39, 0.29) is 23.4 Å². The number of nitro benzene ring substituents is 1. The van der Waals surface area contributed by atoms with Crippen molar-refractivity contribution in [3.8, 4) is 5.75 Å². The number of nitro groups is 1. The predicted molar refractivity (Wildman–Crippen MR) is 71.0 cm³/mol. The zero-order valence-electron chi connectivity index (χ0n) is 10.3. The van der Waals surface area contributed by atoms with Crippen LogP contribution in [0.25, 0.3) is 0 Å². The van der Waals surface area contributed by atoms with Crippen LogP contribution in [0.15, 0.2) is 42.5 Å². The first-order chi connectivity index (χ1) is 9.49. The Morgan fingerprint density at radius 2 is 1.85 bits per heavy atom. The number of carboxylic acid groups (broad SMARTS) is 1. The van der Waals surface area contributed by atoms with Crippen molar-refractivity contribution >= 4 is 11.7 Å². The summed E-state index contributed by atoms with van der Waals surface area (Å²) < 4.78 is 0. The van der Waals surface area contributed by atoms with E-state index in [2.05, 4.69) is 0 Å². The maximum atomic E-state index is 11.1. The highest BCUT2D eigenvalue weighted by atomic mass is 16.6. The summed E-state index contributed by atoms with van der Waals surface area (Å²) in [5.74, 6) is -1.28. The molecule has 0 bridgehead atoms. The Hall–Kier alpha value is -2.89. The maximum Gasteiger partial charge on any atom is 0.335 e. The van der Waals surface area contributed by atoms with Crippen molar-refractivity contribution in [2.45, 2.75) is 6.42 Å². The van der Waals surface area contributed by atoms with Gasteiger partial charge in [-0.2, -0.15) is 0 Å². The monoisotopic (exact) mass is 273 g/mol. The number of hydrogen-bond donors (Lipinski definition) is 2. The van der Waals surface area contributed by atoms with Crippen molar-refractivity contribution in [3.63, 3.8) is 0 Å². The third kappa shape index (κ3) is 2.74. The number of aromatic carboxylic acids is 1. The van der Waals surface area contributed by atoms with Gasteiger partial charge in [0.25, 0.3) is 5.69 Å². The minimum absolute atomic E-state index is 0.106. The van der Waals surface area contributed by atoms with E-state index in [0.29, 0.717) is 11.1 Å². The van der Waals surface area contributed by atoms with Crippen molar-refractivity contribution in [3.05, 3.63) is 69.3 Å². The zero-order valence-corrected chi connectivity index (χ0v) is 10.3. The molecule has 0 spiro atoms. The van der Waals surface area contributed by atoms with Crippen LogP contribution in [-0.4, -0.2) is 21.1 Å². The van der Waals surface area contributed by atoms with Crippen LogP contribution in [0, 0.1) is 10.1 Å². The molecule has 6 nitrogen and oxygen atoms in total. The smallest absolute Gasteiger partial charge is 0.335 e. The van der Waals surface area contributed by atoms with E-state index in [1.165, 1.54) is 18.2 Å². The highest BCUT2D eigenvalue weighted by molar-refractivity contribution is 5.89. The quantitative estimate of drug-likeness (QED) is 0.658. The molecular formula is C14H11NO5. The molecule has 0 fully saturated rings. The molecule has 2 rings (SSSR count). The molecule has 0 unspecified atom stereocenters. The molecule has 0 aliphatic heterocycles. The molecule has 0 aromatic heterocycles. The van der Waals surface area contributed by atoms with Gasteiger partial charge in [-0.05, 0) is 23.8 Å². The molecule has 0 amide bonds. The van der Waals surface area contributed by atoms with Crippen LogP contribution in [0.5, 0.6) is 5.75 Å². The summed E-state index contributed by atoms with van der Waals surface area (Å²) >= 11 is 0. The van der Waals surface area contributed by atoms with Gasteiger partial charge in [-0.3, -0.25) is 10.1 Å². The molecule has 0 atom stereocenters. The molecular weight excluding hydrogens is 262 g/mol. The van der Waals surface area contributed by atoms with Crippen molar-refractivity contribution in [2.24, 2.45) is 0 Å². The predicted octanol–water partition coefficient (Wildman–Crippen LogP) is 2.59. The fourth-order valence-corrected chi connectivity index (χ4v) is 1.96. The minimum atomic E-state index is -1.08. The molecule has 0 radical (unpaired) electrons. The zero-order chi connectivity index (χ0) is 14.7. The van der Waals surface area contributed by atoms with Crippen LogP contribution < -0.4 is 0 Å². The fourth-order valence-electron chi connectivity index (χ4n) is 1.96. The summed E-state index contributed by atoms with van der Waals surface area (Å²) in [6, 6.07) is 10.1. The molecule has 20 heavy (non-hydrogen) atoms. The standard InChI is InChI=1S/C14H11NO5/c16-11-6-5-10(13(8-11)15(19)20)7-9-3-1-2-4-12(9)14(17)18/h1-6,8,16H,7H2,(H,17,18). The number of phenolic OH excluding ortho intramolecular Hbond substituents is 1. The summed E-state index contributed by atoms with van der Waals surface area (Å²) in [6.07, 6.45) is 0.110. The van der Waals surface area contributed by atoms with Gasteiger partial charge in [0.15, 0.2) is 0 Å². The van der Waals surface area contributed by atoms with Crippen molar-refractivity contribution in [2.75, 3.05) is 0 Å². The Bertz CT molecular complexity index is 681. The summed E-state index contributed by atoms with van der Waals surface area (Å²) in [5.41, 5.74) is 0.704. The lowest BCUT2D eigenvalue weighted by molar-refractivity contribution is -0.385. The van der Waals surface area contributed by atoms with Gasteiger partial charge in [0.1, 0.15) is 5.75 Å². The van der Waals surface area contributed by atoms with Crippen LogP contribution in [0.2, 0.25) is 0 Å². The van der Waals surface area contributed by atoms with Gasteiger partial charge in [0, 0.05) is 12.0 Å². The van der Waals surface area contributed by atoms with Crippen molar-refractivity contribution in [1.29, 1.82) is 0 Å². The third-order valence-corrected chi connectivity index (χ3v) is 2.89. The fraction of sp³-hybridized carbons (Fsp3) is 0.0714. The van der Waals surface area contributed by atoms with E-state index < -0.39 is 10.9 Å². The average molecular weight is 273 g/mol. The van der Waals surface area contributed by atoms with Crippen molar-refractivity contribution in [1.82, 2.24) is 0 Å². The number of aromatic hydroxyl groups is 1.